The molecule has 1 unspecified atom stereocenters. The molecule has 5 heteroatoms. The first kappa shape index (κ1) is 9.18. The highest BCUT2D eigenvalue weighted by Gasteiger charge is 1.90. The highest BCUT2D eigenvalue weighted by atomic mass is 32.2. The van der Waals surface area contributed by atoms with Gasteiger partial charge in [0.25, 0.3) is 0 Å². The van der Waals surface area contributed by atoms with Gasteiger partial charge in [0.2, 0.25) is 0 Å². The number of hydrogen-bond donors (Lipinski definition) is 2. The molecular formula is C7H9N2O2S-. The van der Waals surface area contributed by atoms with Crippen LogP contribution in [0.15, 0.2) is 24.3 Å². The van der Waals surface area contributed by atoms with E-state index in [2.05, 4.69) is 4.72 Å². The third-order valence-corrected chi connectivity index (χ3v) is 1.79. The Morgan fingerprint density at radius 2 is 2.00 bits per heavy atom. The highest BCUT2D eigenvalue weighted by Crippen LogP contribution is 2.08. The van der Waals surface area contributed by atoms with Crippen LogP contribution in [0.4, 0.5) is 5.69 Å². The minimum atomic E-state index is -2.26. The van der Waals surface area contributed by atoms with Gasteiger partial charge in [-0.05, 0) is 17.7 Å². The molecule has 0 saturated heterocycles. The molecule has 4 nitrogen and oxygen atoms in total. The van der Waals surface area contributed by atoms with Crippen molar-refractivity contribution in [2.45, 2.75) is 6.54 Å². The first-order valence-corrected chi connectivity index (χ1v) is 4.45. The second-order valence-electron chi connectivity index (χ2n) is 2.24. The quantitative estimate of drug-likeness (QED) is 0.667. The normalized spacial score (nSPS) is 12.5. The van der Waals surface area contributed by atoms with Crippen molar-refractivity contribution in [2.75, 3.05) is 4.72 Å². The van der Waals surface area contributed by atoms with Gasteiger partial charge in [-0.3, -0.25) is 4.21 Å². The molecule has 12 heavy (non-hydrogen) atoms. The SMILES string of the molecule is NCc1ccc(NS(=O)[O-])cc1. The molecule has 0 spiro atoms. The van der Waals surface area contributed by atoms with Crippen LogP contribution in [-0.4, -0.2) is 8.76 Å². The molecule has 0 bridgehead atoms. The number of anilines is 1. The monoisotopic (exact) mass is 185 g/mol. The molecule has 0 radical (unpaired) electrons. The second-order valence-corrected chi connectivity index (χ2v) is 2.91. The number of nitrogens with two attached hydrogens (primary N) is 1. The summed E-state index contributed by atoms with van der Waals surface area (Å²) in [5.41, 5.74) is 6.87. The van der Waals surface area contributed by atoms with Gasteiger partial charge in [0.1, 0.15) is 0 Å². The van der Waals surface area contributed by atoms with Crippen molar-refractivity contribution in [3.05, 3.63) is 29.8 Å². The van der Waals surface area contributed by atoms with Crippen LogP contribution in [0, 0.1) is 0 Å². The predicted molar refractivity (Wildman–Crippen MR) is 46.9 cm³/mol. The lowest BCUT2D eigenvalue weighted by Crippen LogP contribution is -2.02. The average molecular weight is 185 g/mol. The largest absolute Gasteiger partial charge is 0.755 e. The summed E-state index contributed by atoms with van der Waals surface area (Å²) in [4.78, 5) is 0. The molecule has 1 aromatic carbocycles. The predicted octanol–water partition coefficient (Wildman–Crippen LogP) is 0.351. The minimum Gasteiger partial charge on any atom is -0.755 e. The highest BCUT2D eigenvalue weighted by molar-refractivity contribution is 7.80. The van der Waals surface area contributed by atoms with E-state index in [0.29, 0.717) is 12.2 Å². The first-order valence-electron chi connectivity index (χ1n) is 3.37. The Morgan fingerprint density at radius 1 is 1.42 bits per heavy atom. The Hall–Kier alpha value is -0.910. The number of rotatable bonds is 3. The summed E-state index contributed by atoms with van der Waals surface area (Å²) in [7, 11) is 0. The van der Waals surface area contributed by atoms with Crippen LogP contribution in [0.1, 0.15) is 5.56 Å². The van der Waals surface area contributed by atoms with Crippen LogP contribution in [0.3, 0.4) is 0 Å². The van der Waals surface area contributed by atoms with Crippen molar-refractivity contribution in [1.82, 2.24) is 0 Å². The molecule has 1 atom stereocenters. The number of hydrogen-bond acceptors (Lipinski definition) is 3. The van der Waals surface area contributed by atoms with Gasteiger partial charge in [0.05, 0.1) is 0 Å². The molecule has 0 aliphatic heterocycles. The van der Waals surface area contributed by atoms with Crippen LogP contribution in [0.2, 0.25) is 0 Å². The minimum absolute atomic E-state index is 0.459. The van der Waals surface area contributed by atoms with Gasteiger partial charge in [-0.2, -0.15) is 0 Å². The summed E-state index contributed by atoms with van der Waals surface area (Å²) in [5, 5.41) is 0. The van der Waals surface area contributed by atoms with Crippen molar-refractivity contribution in [3.63, 3.8) is 0 Å². The van der Waals surface area contributed by atoms with Crippen molar-refractivity contribution in [1.29, 1.82) is 0 Å². The van der Waals surface area contributed by atoms with Crippen LogP contribution in [-0.2, 0) is 17.8 Å². The van der Waals surface area contributed by atoms with E-state index in [4.69, 9.17) is 5.73 Å². The Bertz CT molecular complexity index is 273. The standard InChI is InChI=1S/C7H10N2O2S/c8-5-6-1-3-7(4-2-6)9-12(10)11/h1-4,9H,5,8H2,(H,10,11)/p-1. The van der Waals surface area contributed by atoms with Crippen LogP contribution in [0.5, 0.6) is 0 Å². The summed E-state index contributed by atoms with van der Waals surface area (Å²) in [6.07, 6.45) is 0. The van der Waals surface area contributed by atoms with E-state index in [-0.39, 0.29) is 0 Å². The lowest BCUT2D eigenvalue weighted by molar-refractivity contribution is 0.542. The zero-order valence-corrected chi connectivity index (χ0v) is 7.14. The van der Waals surface area contributed by atoms with Gasteiger partial charge < -0.3 is 15.0 Å². The van der Waals surface area contributed by atoms with Gasteiger partial charge in [0.15, 0.2) is 0 Å². The lowest BCUT2D eigenvalue weighted by Gasteiger charge is -2.08. The summed E-state index contributed by atoms with van der Waals surface area (Å²) >= 11 is -2.26. The maximum Gasteiger partial charge on any atom is 0.0452 e. The molecule has 0 aromatic heterocycles. The van der Waals surface area contributed by atoms with E-state index in [9.17, 15) is 8.76 Å². The molecule has 66 valence electrons. The zero-order valence-electron chi connectivity index (χ0n) is 6.32. The molecule has 0 aliphatic rings. The molecule has 1 rings (SSSR count). The fourth-order valence-corrected chi connectivity index (χ4v) is 1.13. The maximum atomic E-state index is 10.2. The number of benzene rings is 1. The first-order chi connectivity index (χ1) is 5.72. The van der Waals surface area contributed by atoms with E-state index >= 15 is 0 Å². The van der Waals surface area contributed by atoms with E-state index < -0.39 is 11.3 Å². The van der Waals surface area contributed by atoms with Crippen molar-refractivity contribution in [3.8, 4) is 0 Å². The third-order valence-electron chi connectivity index (χ3n) is 1.39. The van der Waals surface area contributed by atoms with Crippen LogP contribution >= 0.6 is 0 Å². The summed E-state index contributed by atoms with van der Waals surface area (Å²) in [6, 6.07) is 6.88. The van der Waals surface area contributed by atoms with Gasteiger partial charge in [-0.15, -0.1) is 0 Å². The topological polar surface area (TPSA) is 78.2 Å². The van der Waals surface area contributed by atoms with Gasteiger partial charge >= 0.3 is 0 Å². The Labute approximate surface area is 73.2 Å². The average Bonchev–Trinajstić information content (AvgIpc) is 2.05. The molecule has 0 saturated carbocycles. The lowest BCUT2D eigenvalue weighted by atomic mass is 10.2. The third kappa shape index (κ3) is 2.61. The van der Waals surface area contributed by atoms with Crippen LogP contribution in [0.25, 0.3) is 0 Å². The molecule has 0 aliphatic carbocycles. The molecule has 1 aromatic rings. The number of nitrogens with one attached hydrogen (secondary N) is 1. The van der Waals surface area contributed by atoms with Crippen LogP contribution < -0.4 is 10.5 Å². The van der Waals surface area contributed by atoms with E-state index in [1.165, 1.54) is 0 Å². The van der Waals surface area contributed by atoms with E-state index in [0.717, 1.165) is 5.56 Å². The fraction of sp³-hybridized carbons (Fsp3) is 0.143. The van der Waals surface area contributed by atoms with Crippen molar-refractivity contribution < 1.29 is 8.76 Å². The fourth-order valence-electron chi connectivity index (χ4n) is 0.805. The zero-order chi connectivity index (χ0) is 8.97. The molecule has 0 heterocycles. The summed E-state index contributed by atoms with van der Waals surface area (Å²) in [5.74, 6) is 0. The molecular weight excluding hydrogens is 176 g/mol. The Kier molecular flexibility index (Phi) is 3.21. The summed E-state index contributed by atoms with van der Waals surface area (Å²) < 4.78 is 22.6. The Balaban J connectivity index is 2.71. The Morgan fingerprint density at radius 3 is 2.42 bits per heavy atom. The van der Waals surface area contributed by atoms with Crippen molar-refractivity contribution in [2.24, 2.45) is 5.73 Å². The maximum absolute atomic E-state index is 10.2. The molecule has 0 amide bonds. The summed E-state index contributed by atoms with van der Waals surface area (Å²) in [6.45, 7) is 0.459. The van der Waals surface area contributed by atoms with E-state index in [1.54, 1.807) is 24.3 Å². The molecule has 3 N–H and O–H groups in total. The second kappa shape index (κ2) is 4.20. The van der Waals surface area contributed by atoms with Crippen molar-refractivity contribution >= 4 is 17.0 Å². The smallest absolute Gasteiger partial charge is 0.0452 e. The van der Waals surface area contributed by atoms with E-state index in [1.807, 2.05) is 0 Å². The van der Waals surface area contributed by atoms with Gasteiger partial charge in [0, 0.05) is 23.5 Å². The van der Waals surface area contributed by atoms with Gasteiger partial charge in [-0.1, -0.05) is 12.1 Å². The van der Waals surface area contributed by atoms with Gasteiger partial charge in [-0.25, -0.2) is 0 Å². The molecule has 0 fully saturated rings.